The molecule has 3 heteroatoms. The predicted molar refractivity (Wildman–Crippen MR) is 89.7 cm³/mol. The Kier molecular flexibility index (Phi) is 6.38. The lowest BCUT2D eigenvalue weighted by Gasteiger charge is -2.40. The summed E-state index contributed by atoms with van der Waals surface area (Å²) >= 11 is 0. The minimum Gasteiger partial charge on any atom is -0.314 e. The number of nitrogens with zero attached hydrogens (tertiary/aromatic N) is 1. The number of rotatable bonds is 6. The molecule has 122 valence electrons. The van der Waals surface area contributed by atoms with Crippen molar-refractivity contribution in [1.29, 1.82) is 0 Å². The first-order valence-corrected chi connectivity index (χ1v) is 9.62. The van der Waals surface area contributed by atoms with E-state index >= 15 is 0 Å². The van der Waals surface area contributed by atoms with Crippen molar-refractivity contribution in [3.05, 3.63) is 0 Å². The van der Waals surface area contributed by atoms with Gasteiger partial charge in [-0.3, -0.25) is 0 Å². The van der Waals surface area contributed by atoms with E-state index in [9.17, 15) is 0 Å². The second-order valence-electron chi connectivity index (χ2n) is 7.47. The van der Waals surface area contributed by atoms with E-state index in [2.05, 4.69) is 15.5 Å². The van der Waals surface area contributed by atoms with Crippen LogP contribution in [0.4, 0.5) is 0 Å². The third-order valence-corrected chi connectivity index (χ3v) is 5.94. The van der Waals surface area contributed by atoms with Crippen LogP contribution in [0.25, 0.3) is 0 Å². The lowest BCUT2D eigenvalue weighted by Crippen LogP contribution is -2.50. The highest BCUT2D eigenvalue weighted by Gasteiger charge is 2.31. The fraction of sp³-hybridized carbons (Fsp3) is 1.00. The summed E-state index contributed by atoms with van der Waals surface area (Å²) in [6.45, 7) is 6.48. The summed E-state index contributed by atoms with van der Waals surface area (Å²) in [6, 6.07) is 1.59. The van der Waals surface area contributed by atoms with E-state index < -0.39 is 0 Å². The molecule has 0 aromatic heterocycles. The van der Waals surface area contributed by atoms with E-state index in [0.717, 1.165) is 18.0 Å². The van der Waals surface area contributed by atoms with Gasteiger partial charge in [-0.2, -0.15) is 0 Å². The van der Waals surface area contributed by atoms with Crippen LogP contribution in [-0.4, -0.2) is 49.7 Å². The molecule has 0 aromatic carbocycles. The van der Waals surface area contributed by atoms with Gasteiger partial charge in [0, 0.05) is 12.1 Å². The van der Waals surface area contributed by atoms with Gasteiger partial charge < -0.3 is 15.5 Å². The predicted octanol–water partition coefficient (Wildman–Crippen LogP) is 2.76. The van der Waals surface area contributed by atoms with Crippen molar-refractivity contribution in [2.75, 3.05) is 32.7 Å². The highest BCUT2D eigenvalue weighted by atomic mass is 15.1. The van der Waals surface area contributed by atoms with Crippen molar-refractivity contribution >= 4 is 0 Å². The Balaban J connectivity index is 1.38. The molecule has 3 atom stereocenters. The lowest BCUT2D eigenvalue weighted by molar-refractivity contribution is 0.180. The van der Waals surface area contributed by atoms with E-state index in [1.165, 1.54) is 96.9 Å². The summed E-state index contributed by atoms with van der Waals surface area (Å²) in [7, 11) is 0. The summed E-state index contributed by atoms with van der Waals surface area (Å²) in [5.41, 5.74) is 0. The van der Waals surface area contributed by atoms with Crippen molar-refractivity contribution in [1.82, 2.24) is 15.5 Å². The normalized spacial score (nSPS) is 35.1. The SMILES string of the molecule is C1CCC(C2CCCCC2NCCCN2CCCC2)NC1. The van der Waals surface area contributed by atoms with E-state index in [4.69, 9.17) is 0 Å². The molecule has 2 heterocycles. The number of nitrogens with one attached hydrogen (secondary N) is 2. The molecule has 21 heavy (non-hydrogen) atoms. The Morgan fingerprint density at radius 1 is 0.905 bits per heavy atom. The van der Waals surface area contributed by atoms with Gasteiger partial charge in [-0.1, -0.05) is 19.3 Å². The summed E-state index contributed by atoms with van der Waals surface area (Å²) < 4.78 is 0. The zero-order chi connectivity index (χ0) is 14.3. The average Bonchev–Trinajstić information content (AvgIpc) is 3.06. The Hall–Kier alpha value is -0.120. The van der Waals surface area contributed by atoms with Crippen LogP contribution in [0.15, 0.2) is 0 Å². The molecule has 3 rings (SSSR count). The largest absolute Gasteiger partial charge is 0.314 e. The van der Waals surface area contributed by atoms with Crippen molar-refractivity contribution in [3.63, 3.8) is 0 Å². The number of likely N-dealkylation sites (tertiary alicyclic amines) is 1. The second-order valence-corrected chi connectivity index (χ2v) is 7.47. The molecule has 2 N–H and O–H groups in total. The van der Waals surface area contributed by atoms with Gasteiger partial charge in [-0.05, 0) is 83.6 Å². The molecule has 2 aliphatic heterocycles. The van der Waals surface area contributed by atoms with Gasteiger partial charge in [-0.25, -0.2) is 0 Å². The van der Waals surface area contributed by atoms with Crippen LogP contribution in [0.2, 0.25) is 0 Å². The van der Waals surface area contributed by atoms with Crippen LogP contribution in [0.1, 0.15) is 64.2 Å². The highest BCUT2D eigenvalue weighted by Crippen LogP contribution is 2.30. The highest BCUT2D eigenvalue weighted by molar-refractivity contribution is 4.90. The van der Waals surface area contributed by atoms with Gasteiger partial charge in [-0.15, -0.1) is 0 Å². The second kappa shape index (κ2) is 8.50. The van der Waals surface area contributed by atoms with E-state index in [1.54, 1.807) is 0 Å². The molecular formula is C18H35N3. The van der Waals surface area contributed by atoms with Crippen molar-refractivity contribution in [2.45, 2.75) is 76.3 Å². The van der Waals surface area contributed by atoms with E-state index in [-0.39, 0.29) is 0 Å². The first-order chi connectivity index (χ1) is 10.4. The maximum Gasteiger partial charge on any atom is 0.0110 e. The van der Waals surface area contributed by atoms with E-state index in [0.29, 0.717) is 0 Å². The van der Waals surface area contributed by atoms with Crippen LogP contribution in [0, 0.1) is 5.92 Å². The van der Waals surface area contributed by atoms with E-state index in [1.807, 2.05) is 0 Å². The fourth-order valence-corrected chi connectivity index (χ4v) is 4.74. The molecular weight excluding hydrogens is 258 g/mol. The van der Waals surface area contributed by atoms with Crippen LogP contribution >= 0.6 is 0 Å². The number of hydrogen-bond acceptors (Lipinski definition) is 3. The molecule has 0 amide bonds. The maximum absolute atomic E-state index is 3.93. The summed E-state index contributed by atoms with van der Waals surface area (Å²) in [4.78, 5) is 2.64. The topological polar surface area (TPSA) is 27.3 Å². The molecule has 1 saturated carbocycles. The van der Waals surface area contributed by atoms with Crippen molar-refractivity contribution < 1.29 is 0 Å². The molecule has 0 radical (unpaired) electrons. The lowest BCUT2D eigenvalue weighted by atomic mass is 9.77. The van der Waals surface area contributed by atoms with Crippen LogP contribution in [-0.2, 0) is 0 Å². The molecule has 0 aromatic rings. The monoisotopic (exact) mass is 293 g/mol. The molecule has 1 aliphatic carbocycles. The summed E-state index contributed by atoms with van der Waals surface area (Å²) in [6.07, 6.45) is 14.2. The zero-order valence-electron chi connectivity index (χ0n) is 13.8. The van der Waals surface area contributed by atoms with Gasteiger partial charge >= 0.3 is 0 Å². The first-order valence-electron chi connectivity index (χ1n) is 9.62. The molecule has 3 aliphatic rings. The standard InChI is InChI=1S/C18H35N3/c1-2-9-17(16(8-1)18-10-3-4-11-19-18)20-12-7-15-21-13-5-6-14-21/h16-20H,1-15H2. The Labute approximate surface area is 131 Å². The molecule has 3 nitrogen and oxygen atoms in total. The average molecular weight is 293 g/mol. The smallest absolute Gasteiger partial charge is 0.0110 e. The maximum atomic E-state index is 3.93. The van der Waals surface area contributed by atoms with Crippen LogP contribution < -0.4 is 10.6 Å². The van der Waals surface area contributed by atoms with Gasteiger partial charge in [0.25, 0.3) is 0 Å². The van der Waals surface area contributed by atoms with Gasteiger partial charge in [0.15, 0.2) is 0 Å². The molecule has 2 saturated heterocycles. The quantitative estimate of drug-likeness (QED) is 0.737. The minimum atomic E-state index is 0.785. The van der Waals surface area contributed by atoms with Gasteiger partial charge in [0.1, 0.15) is 0 Å². The van der Waals surface area contributed by atoms with Gasteiger partial charge in [0.05, 0.1) is 0 Å². The van der Waals surface area contributed by atoms with Crippen LogP contribution in [0.5, 0.6) is 0 Å². The molecule has 0 bridgehead atoms. The third-order valence-electron chi connectivity index (χ3n) is 5.94. The van der Waals surface area contributed by atoms with Crippen molar-refractivity contribution in [3.8, 4) is 0 Å². The fourth-order valence-electron chi connectivity index (χ4n) is 4.74. The Bertz CT molecular complexity index is 282. The number of piperidine rings is 1. The molecule has 3 fully saturated rings. The van der Waals surface area contributed by atoms with Gasteiger partial charge in [0.2, 0.25) is 0 Å². The molecule has 0 spiro atoms. The number of hydrogen-bond donors (Lipinski definition) is 2. The van der Waals surface area contributed by atoms with Crippen molar-refractivity contribution in [2.24, 2.45) is 5.92 Å². The third kappa shape index (κ3) is 4.67. The minimum absolute atomic E-state index is 0.785. The molecule has 3 unspecified atom stereocenters. The zero-order valence-corrected chi connectivity index (χ0v) is 13.8. The Morgan fingerprint density at radius 2 is 1.71 bits per heavy atom. The summed E-state index contributed by atoms with van der Waals surface area (Å²) in [5.74, 6) is 0.894. The summed E-state index contributed by atoms with van der Waals surface area (Å²) in [5, 5.41) is 7.73. The Morgan fingerprint density at radius 3 is 2.52 bits per heavy atom. The van der Waals surface area contributed by atoms with Crippen LogP contribution in [0.3, 0.4) is 0 Å². The first kappa shape index (κ1) is 15.8.